The van der Waals surface area contributed by atoms with Crippen molar-refractivity contribution in [1.82, 2.24) is 0 Å². The predicted octanol–water partition coefficient (Wildman–Crippen LogP) is -0.474. The highest BCUT2D eigenvalue weighted by Gasteiger charge is 1.75. The Bertz CT molecular complexity index is 343. The summed E-state index contributed by atoms with van der Waals surface area (Å²) in [5.74, 6) is -0.212. The molecule has 0 atom stereocenters. The van der Waals surface area contributed by atoms with E-state index in [0.717, 1.165) is 5.22 Å². The lowest BCUT2D eigenvalue weighted by Crippen LogP contribution is -2.28. The van der Waals surface area contributed by atoms with Crippen molar-refractivity contribution >= 4 is 12.5 Å². The summed E-state index contributed by atoms with van der Waals surface area (Å²) in [4.78, 5) is 0. The van der Waals surface area contributed by atoms with E-state index in [1.54, 1.807) is 18.2 Å². The largest absolute Gasteiger partial charge is 0.889 e. The minimum atomic E-state index is -0.212. The lowest BCUT2D eigenvalue weighted by atomic mass is 10.2. The summed E-state index contributed by atoms with van der Waals surface area (Å²) in [6.45, 7) is 3.71. The molecule has 1 aromatic rings. The van der Waals surface area contributed by atoms with Gasteiger partial charge in [-0.1, -0.05) is 30.8 Å². The van der Waals surface area contributed by atoms with Crippen LogP contribution >= 0.6 is 0 Å². The third-order valence-electron chi connectivity index (χ3n) is 1.45. The summed E-state index contributed by atoms with van der Waals surface area (Å²) >= 11 is 0. The molecule has 0 saturated heterocycles. The summed E-state index contributed by atoms with van der Waals surface area (Å²) < 4.78 is 0. The Morgan fingerprint density at radius 2 is 2.09 bits per heavy atom. The zero-order chi connectivity index (χ0) is 8.27. The Morgan fingerprint density at radius 1 is 1.45 bits per heavy atom. The zero-order valence-corrected chi connectivity index (χ0v) is 6.37. The second-order valence-electron chi connectivity index (χ2n) is 2.19. The van der Waals surface area contributed by atoms with Crippen molar-refractivity contribution in [2.45, 2.75) is 0 Å². The first-order valence-corrected chi connectivity index (χ1v) is 3.31. The minimum absolute atomic E-state index is 0.212. The van der Waals surface area contributed by atoms with Crippen molar-refractivity contribution in [3.63, 3.8) is 0 Å². The van der Waals surface area contributed by atoms with Gasteiger partial charge in [0.25, 0.3) is 0 Å². The van der Waals surface area contributed by atoms with Crippen LogP contribution in [0.15, 0.2) is 24.3 Å². The topological polar surface area (TPSA) is 37.2 Å². The maximum atomic E-state index is 11.0. The lowest BCUT2D eigenvalue weighted by Gasteiger charge is -2.25. The molecule has 0 unspecified atom stereocenters. The summed E-state index contributed by atoms with van der Waals surface area (Å²) in [7, 11) is 1.48. The van der Waals surface area contributed by atoms with Crippen LogP contribution in [0.1, 0.15) is 0 Å². The van der Waals surface area contributed by atoms with Crippen LogP contribution in [0, 0.1) is 0 Å². The Morgan fingerprint density at radius 3 is 2.64 bits per heavy atom. The van der Waals surface area contributed by atoms with Gasteiger partial charge in [0.15, 0.2) is 0 Å². The molecule has 0 radical (unpaired) electrons. The van der Waals surface area contributed by atoms with Crippen molar-refractivity contribution in [2.75, 3.05) is 7.05 Å². The second kappa shape index (κ2) is 3.10. The van der Waals surface area contributed by atoms with Gasteiger partial charge >= 0.3 is 0 Å². The number of rotatable bonds is 1. The van der Waals surface area contributed by atoms with Crippen molar-refractivity contribution in [3.8, 4) is 0 Å². The van der Waals surface area contributed by atoms with Gasteiger partial charge in [-0.15, -0.1) is 7.05 Å². The van der Waals surface area contributed by atoms with E-state index >= 15 is 0 Å². The molecule has 0 aliphatic heterocycles. The van der Waals surface area contributed by atoms with E-state index < -0.39 is 0 Å². The molecule has 2 nitrogen and oxygen atoms in total. The molecule has 0 heterocycles. The number of hydrogen-bond acceptors (Lipinski definition) is 1. The molecule has 0 amide bonds. The quantitative estimate of drug-likeness (QED) is 0.529. The van der Waals surface area contributed by atoms with Gasteiger partial charge in [0.2, 0.25) is 0 Å². The molecule has 0 saturated carbocycles. The Kier molecular flexibility index (Phi) is 2.16. The molecule has 1 rings (SSSR count). The zero-order valence-electron chi connectivity index (χ0n) is 6.37. The fourth-order valence-electron chi connectivity index (χ4n) is 0.849. The molecular formula is C9H9NO-2. The number of benzene rings is 1. The van der Waals surface area contributed by atoms with E-state index in [0.29, 0.717) is 5.22 Å². The van der Waals surface area contributed by atoms with Gasteiger partial charge in [0.1, 0.15) is 0 Å². The maximum Gasteiger partial charge on any atom is -0.0280 e. The fraction of sp³-hybridized carbons (Fsp3) is 0.111. The van der Waals surface area contributed by atoms with Crippen molar-refractivity contribution in [2.24, 2.45) is 0 Å². The van der Waals surface area contributed by atoms with Gasteiger partial charge in [0, 0.05) is 0 Å². The van der Waals surface area contributed by atoms with Crippen molar-refractivity contribution < 1.29 is 5.11 Å². The molecule has 0 spiro atoms. The van der Waals surface area contributed by atoms with Crippen LogP contribution in [-0.4, -0.2) is 7.05 Å². The molecule has 0 N–H and O–H groups in total. The molecular weight excluding hydrogens is 138 g/mol. The predicted molar refractivity (Wildman–Crippen MR) is 43.9 cm³/mol. The summed E-state index contributed by atoms with van der Waals surface area (Å²) in [6.07, 6.45) is 0. The van der Waals surface area contributed by atoms with E-state index in [2.05, 4.69) is 11.9 Å². The SMILES string of the molecule is C=c1cccc/c1=C(\[O-])[N-]C. The number of nitrogens with zero attached hydrogens (tertiary/aromatic N) is 1. The van der Waals surface area contributed by atoms with Gasteiger partial charge in [0.05, 0.1) is 0 Å². The average molecular weight is 147 g/mol. The van der Waals surface area contributed by atoms with Crippen LogP contribution in [0.2, 0.25) is 0 Å². The van der Waals surface area contributed by atoms with Gasteiger partial charge in [-0.05, 0) is 10.4 Å². The van der Waals surface area contributed by atoms with Crippen LogP contribution in [0.3, 0.4) is 0 Å². The van der Waals surface area contributed by atoms with E-state index in [1.165, 1.54) is 7.05 Å². The van der Waals surface area contributed by atoms with Gasteiger partial charge < -0.3 is 10.4 Å². The van der Waals surface area contributed by atoms with Crippen LogP contribution in [0.25, 0.3) is 17.8 Å². The molecule has 2 heteroatoms. The maximum absolute atomic E-state index is 11.0. The number of hydrogen-bond donors (Lipinski definition) is 0. The molecule has 0 fully saturated rings. The standard InChI is InChI=1S/C9H10NO/c1-7-5-3-4-6-8(7)9(11)10-2/h3-6,11H,1H2,2H3/q-1/p-1/b9-8+. The fourth-order valence-corrected chi connectivity index (χ4v) is 0.849. The highest BCUT2D eigenvalue weighted by Crippen LogP contribution is 1.85. The van der Waals surface area contributed by atoms with Gasteiger partial charge in [-0.3, -0.25) is 0 Å². The molecule has 0 bridgehead atoms. The third-order valence-corrected chi connectivity index (χ3v) is 1.45. The first-order chi connectivity index (χ1) is 5.25. The van der Waals surface area contributed by atoms with E-state index in [4.69, 9.17) is 0 Å². The molecule has 0 aromatic heterocycles. The minimum Gasteiger partial charge on any atom is -0.889 e. The highest BCUT2D eigenvalue weighted by atomic mass is 16.3. The Balaban J connectivity index is 3.46. The average Bonchev–Trinajstić information content (AvgIpc) is 2.04. The summed E-state index contributed by atoms with van der Waals surface area (Å²) in [6, 6.07) is 7.15. The smallest absolute Gasteiger partial charge is 0.0280 e. The monoisotopic (exact) mass is 147 g/mol. The van der Waals surface area contributed by atoms with Crippen LogP contribution in [-0.2, 0) is 0 Å². The first kappa shape index (κ1) is 7.66. The highest BCUT2D eigenvalue weighted by molar-refractivity contribution is 5.44. The van der Waals surface area contributed by atoms with E-state index in [9.17, 15) is 5.11 Å². The van der Waals surface area contributed by atoms with Gasteiger partial charge in [-0.25, -0.2) is 5.88 Å². The molecule has 11 heavy (non-hydrogen) atoms. The van der Waals surface area contributed by atoms with Crippen LogP contribution in [0.4, 0.5) is 0 Å². The Hall–Kier alpha value is -1.44. The van der Waals surface area contributed by atoms with Gasteiger partial charge in [-0.2, -0.15) is 0 Å². The van der Waals surface area contributed by atoms with Crippen LogP contribution in [0.5, 0.6) is 0 Å². The summed E-state index contributed by atoms with van der Waals surface area (Å²) in [5.41, 5.74) is 0. The lowest BCUT2D eigenvalue weighted by molar-refractivity contribution is -0.245. The molecule has 58 valence electrons. The van der Waals surface area contributed by atoms with Crippen LogP contribution < -0.4 is 15.5 Å². The van der Waals surface area contributed by atoms with E-state index in [1.807, 2.05) is 6.07 Å². The molecule has 0 aliphatic rings. The second-order valence-corrected chi connectivity index (χ2v) is 2.19. The Labute approximate surface area is 65.5 Å². The molecule has 0 aliphatic carbocycles. The normalized spacial score (nSPS) is 12.5. The first-order valence-electron chi connectivity index (χ1n) is 3.31. The van der Waals surface area contributed by atoms with E-state index in [-0.39, 0.29) is 5.88 Å². The summed E-state index contributed by atoms with van der Waals surface area (Å²) in [5, 5.41) is 15.9. The van der Waals surface area contributed by atoms with Crippen molar-refractivity contribution in [1.29, 1.82) is 0 Å². The molecule has 1 aromatic carbocycles. The third kappa shape index (κ3) is 1.52. The van der Waals surface area contributed by atoms with Crippen molar-refractivity contribution in [3.05, 3.63) is 40.0 Å².